The lowest BCUT2D eigenvalue weighted by Crippen LogP contribution is -2.20. The molecule has 0 aromatic heterocycles. The molecule has 1 aliphatic carbocycles. The Morgan fingerprint density at radius 3 is 2.17 bits per heavy atom. The van der Waals surface area contributed by atoms with Crippen molar-refractivity contribution < 1.29 is 9.59 Å². The van der Waals surface area contributed by atoms with Gasteiger partial charge in [0.1, 0.15) is 0 Å². The molecule has 1 aliphatic rings. The van der Waals surface area contributed by atoms with Gasteiger partial charge in [-0.1, -0.05) is 65.8 Å². The molecule has 0 saturated heterocycles. The SMILES string of the molecule is CC1=C(C/C=C(\C)CC/C=C(\C)CNc2ccccc2)C(=O)c2ccccc2C1=O. The molecule has 2 aromatic rings. The zero-order valence-electron chi connectivity index (χ0n) is 18.0. The highest BCUT2D eigenvalue weighted by Crippen LogP contribution is 2.28. The number of benzene rings is 2. The summed E-state index contributed by atoms with van der Waals surface area (Å²) < 4.78 is 0. The number of Topliss-reactive ketones (excluding diaryl/α,β-unsaturated/α-hetero) is 2. The molecular formula is C27H29NO2. The van der Waals surface area contributed by atoms with Gasteiger partial charge in [-0.2, -0.15) is 0 Å². The Morgan fingerprint density at radius 1 is 0.833 bits per heavy atom. The van der Waals surface area contributed by atoms with Crippen molar-refractivity contribution in [2.24, 2.45) is 0 Å². The van der Waals surface area contributed by atoms with Crippen LogP contribution >= 0.6 is 0 Å². The molecule has 0 aliphatic heterocycles. The van der Waals surface area contributed by atoms with Crippen molar-refractivity contribution in [2.45, 2.75) is 40.0 Å². The Labute approximate surface area is 179 Å². The first-order chi connectivity index (χ1) is 14.5. The van der Waals surface area contributed by atoms with Crippen molar-refractivity contribution in [3.63, 3.8) is 0 Å². The van der Waals surface area contributed by atoms with E-state index in [1.165, 1.54) is 11.1 Å². The van der Waals surface area contributed by atoms with Crippen LogP contribution in [0, 0.1) is 0 Å². The number of fused-ring (bicyclic) bond motifs is 1. The number of nitrogens with one attached hydrogen (secondary N) is 1. The third-order valence-corrected chi connectivity index (χ3v) is 5.51. The molecule has 3 heteroatoms. The molecular weight excluding hydrogens is 370 g/mol. The number of anilines is 1. The van der Waals surface area contributed by atoms with E-state index in [9.17, 15) is 9.59 Å². The number of rotatable bonds is 8. The minimum absolute atomic E-state index is 0.0190. The summed E-state index contributed by atoms with van der Waals surface area (Å²) in [5.74, 6) is -0.0507. The summed E-state index contributed by atoms with van der Waals surface area (Å²) in [6.07, 6.45) is 6.74. The van der Waals surface area contributed by atoms with Crippen molar-refractivity contribution in [1.82, 2.24) is 0 Å². The van der Waals surface area contributed by atoms with Crippen LogP contribution in [0.4, 0.5) is 5.69 Å². The monoisotopic (exact) mass is 399 g/mol. The second-order valence-electron chi connectivity index (χ2n) is 7.87. The predicted molar refractivity (Wildman–Crippen MR) is 124 cm³/mol. The van der Waals surface area contributed by atoms with Crippen LogP contribution in [-0.4, -0.2) is 18.1 Å². The zero-order valence-corrected chi connectivity index (χ0v) is 18.0. The molecule has 0 spiro atoms. The highest BCUT2D eigenvalue weighted by molar-refractivity contribution is 6.26. The van der Waals surface area contributed by atoms with Crippen LogP contribution in [-0.2, 0) is 0 Å². The first-order valence-electron chi connectivity index (χ1n) is 10.5. The minimum atomic E-state index is -0.0317. The average Bonchev–Trinajstić information content (AvgIpc) is 2.77. The molecule has 3 nitrogen and oxygen atoms in total. The molecule has 0 unspecified atom stereocenters. The quantitative estimate of drug-likeness (QED) is 0.512. The van der Waals surface area contributed by atoms with Crippen molar-refractivity contribution in [3.8, 4) is 0 Å². The summed E-state index contributed by atoms with van der Waals surface area (Å²) in [5, 5.41) is 3.41. The fraction of sp³-hybridized carbons (Fsp3) is 0.259. The predicted octanol–water partition coefficient (Wildman–Crippen LogP) is 6.56. The minimum Gasteiger partial charge on any atom is -0.381 e. The number of hydrogen-bond donors (Lipinski definition) is 1. The first kappa shape index (κ1) is 21.5. The molecule has 154 valence electrons. The lowest BCUT2D eigenvalue weighted by atomic mass is 9.83. The molecule has 0 bridgehead atoms. The van der Waals surface area contributed by atoms with Gasteiger partial charge >= 0.3 is 0 Å². The van der Waals surface area contributed by atoms with Crippen molar-refractivity contribution in [3.05, 3.63) is 100 Å². The summed E-state index contributed by atoms with van der Waals surface area (Å²) in [6, 6.07) is 17.3. The Morgan fingerprint density at radius 2 is 1.47 bits per heavy atom. The van der Waals surface area contributed by atoms with E-state index in [0.29, 0.717) is 28.7 Å². The van der Waals surface area contributed by atoms with Crippen LogP contribution in [0.5, 0.6) is 0 Å². The molecule has 0 saturated carbocycles. The van der Waals surface area contributed by atoms with Crippen LogP contribution in [0.25, 0.3) is 0 Å². The average molecular weight is 400 g/mol. The van der Waals surface area contributed by atoms with E-state index < -0.39 is 0 Å². The van der Waals surface area contributed by atoms with E-state index in [4.69, 9.17) is 0 Å². The summed E-state index contributed by atoms with van der Waals surface area (Å²) >= 11 is 0. The van der Waals surface area contributed by atoms with E-state index in [-0.39, 0.29) is 11.6 Å². The van der Waals surface area contributed by atoms with Crippen LogP contribution in [0.15, 0.2) is 89.0 Å². The summed E-state index contributed by atoms with van der Waals surface area (Å²) in [7, 11) is 0. The van der Waals surface area contributed by atoms with Crippen molar-refractivity contribution in [2.75, 3.05) is 11.9 Å². The van der Waals surface area contributed by atoms with Crippen LogP contribution in [0.2, 0.25) is 0 Å². The smallest absolute Gasteiger partial charge is 0.190 e. The van der Waals surface area contributed by atoms with Gasteiger partial charge in [-0.05, 0) is 52.2 Å². The number of carbonyl (C=O) groups is 2. The second kappa shape index (κ2) is 10.0. The first-order valence-corrected chi connectivity index (χ1v) is 10.5. The number of ketones is 2. The maximum Gasteiger partial charge on any atom is 0.190 e. The van der Waals surface area contributed by atoms with Gasteiger partial charge in [0.25, 0.3) is 0 Å². The maximum absolute atomic E-state index is 12.8. The van der Waals surface area contributed by atoms with Gasteiger partial charge in [0, 0.05) is 34.5 Å². The highest BCUT2D eigenvalue weighted by atomic mass is 16.1. The largest absolute Gasteiger partial charge is 0.381 e. The summed E-state index contributed by atoms with van der Waals surface area (Å²) in [6.45, 7) is 6.81. The second-order valence-corrected chi connectivity index (χ2v) is 7.87. The van der Waals surface area contributed by atoms with E-state index >= 15 is 0 Å². The van der Waals surface area contributed by atoms with Gasteiger partial charge in [-0.25, -0.2) is 0 Å². The molecule has 0 heterocycles. The number of carbonyl (C=O) groups excluding carboxylic acids is 2. The Hall–Kier alpha value is -3.20. The van der Waals surface area contributed by atoms with Gasteiger partial charge in [-0.3, -0.25) is 9.59 Å². The molecule has 30 heavy (non-hydrogen) atoms. The van der Waals surface area contributed by atoms with Crippen LogP contribution < -0.4 is 5.32 Å². The van der Waals surface area contributed by atoms with Gasteiger partial charge in [0.05, 0.1) is 0 Å². The fourth-order valence-electron chi connectivity index (χ4n) is 3.59. The third kappa shape index (κ3) is 5.24. The number of allylic oxidation sites excluding steroid dienone is 5. The standard InChI is InChI=1S/C27H29NO2/c1-19(10-9-11-20(2)18-28-22-12-5-4-6-13-22)16-17-23-21(3)26(29)24-14-7-8-15-25(24)27(23)30/h4-8,11-16,28H,9-10,17-18H2,1-3H3/b19-16+,20-11+. The van der Waals surface area contributed by atoms with Gasteiger partial charge in [-0.15, -0.1) is 0 Å². The lowest BCUT2D eigenvalue weighted by Gasteiger charge is -2.18. The molecule has 0 amide bonds. The normalized spacial score (nSPS) is 14.8. The number of para-hydroxylation sites is 1. The van der Waals surface area contributed by atoms with Gasteiger partial charge in [0.15, 0.2) is 11.6 Å². The van der Waals surface area contributed by atoms with Crippen LogP contribution in [0.1, 0.15) is 60.7 Å². The molecule has 0 radical (unpaired) electrons. The van der Waals surface area contributed by atoms with E-state index in [0.717, 1.165) is 25.1 Å². The van der Waals surface area contributed by atoms with Crippen molar-refractivity contribution >= 4 is 17.3 Å². The summed E-state index contributed by atoms with van der Waals surface area (Å²) in [4.78, 5) is 25.4. The Bertz CT molecular complexity index is 1030. The van der Waals surface area contributed by atoms with Gasteiger partial charge < -0.3 is 5.32 Å². The molecule has 0 atom stereocenters. The molecule has 3 rings (SSSR count). The van der Waals surface area contributed by atoms with Gasteiger partial charge in [0.2, 0.25) is 0 Å². The van der Waals surface area contributed by atoms with Crippen LogP contribution in [0.3, 0.4) is 0 Å². The van der Waals surface area contributed by atoms with Crippen molar-refractivity contribution in [1.29, 1.82) is 0 Å². The highest BCUT2D eigenvalue weighted by Gasteiger charge is 2.28. The Kier molecular flexibility index (Phi) is 7.18. The maximum atomic E-state index is 12.8. The Balaban J connectivity index is 1.54. The third-order valence-electron chi connectivity index (χ3n) is 5.51. The lowest BCUT2D eigenvalue weighted by molar-refractivity contribution is 0.0973. The van der Waals surface area contributed by atoms with E-state index in [2.05, 4.69) is 43.4 Å². The topological polar surface area (TPSA) is 46.2 Å². The number of hydrogen-bond acceptors (Lipinski definition) is 3. The zero-order chi connectivity index (χ0) is 21.5. The van der Waals surface area contributed by atoms with E-state index in [1.807, 2.05) is 24.3 Å². The molecule has 0 fully saturated rings. The van der Waals surface area contributed by atoms with E-state index in [1.54, 1.807) is 25.1 Å². The molecule has 2 aromatic carbocycles. The summed E-state index contributed by atoms with van der Waals surface area (Å²) in [5.41, 5.74) is 5.90. The fourth-order valence-corrected chi connectivity index (χ4v) is 3.59. The molecule has 1 N–H and O–H groups in total.